The molecule has 1 unspecified atom stereocenters. The van der Waals surface area contributed by atoms with Crippen molar-refractivity contribution in [1.82, 2.24) is 4.98 Å². The summed E-state index contributed by atoms with van der Waals surface area (Å²) in [6.45, 7) is 6.56. The van der Waals surface area contributed by atoms with E-state index in [0.717, 1.165) is 30.9 Å². The lowest BCUT2D eigenvalue weighted by Gasteiger charge is -2.28. The van der Waals surface area contributed by atoms with Crippen molar-refractivity contribution < 1.29 is 13.2 Å². The van der Waals surface area contributed by atoms with Crippen molar-refractivity contribution in [2.24, 2.45) is 5.41 Å². The van der Waals surface area contributed by atoms with Gasteiger partial charge in [0.2, 0.25) is 0 Å². The molecule has 0 radical (unpaired) electrons. The lowest BCUT2D eigenvalue weighted by Crippen LogP contribution is -2.19. The molecule has 1 atom stereocenters. The molecule has 0 aliphatic rings. The second-order valence-corrected chi connectivity index (χ2v) is 6.20. The first-order valence-corrected chi connectivity index (χ1v) is 7.83. The Labute approximate surface area is 126 Å². The second-order valence-electron chi connectivity index (χ2n) is 6.20. The molecule has 0 aliphatic heterocycles. The van der Waals surface area contributed by atoms with Crippen molar-refractivity contribution in [1.29, 1.82) is 0 Å². The largest absolute Gasteiger partial charge is 0.433 e. The van der Waals surface area contributed by atoms with Crippen LogP contribution in [-0.4, -0.2) is 4.98 Å². The van der Waals surface area contributed by atoms with E-state index in [1.54, 1.807) is 6.07 Å². The van der Waals surface area contributed by atoms with Crippen LogP contribution in [0.2, 0.25) is 0 Å². The van der Waals surface area contributed by atoms with Gasteiger partial charge >= 0.3 is 6.18 Å². The van der Waals surface area contributed by atoms with E-state index >= 15 is 0 Å². The molecule has 0 saturated heterocycles. The summed E-state index contributed by atoms with van der Waals surface area (Å²) in [5, 5.41) is 0. The number of hydrogen-bond donors (Lipinski definition) is 0. The topological polar surface area (TPSA) is 12.9 Å². The highest BCUT2D eigenvalue weighted by molar-refractivity contribution is 5.17. The van der Waals surface area contributed by atoms with E-state index < -0.39 is 11.9 Å². The third-order valence-corrected chi connectivity index (χ3v) is 4.23. The maximum Gasteiger partial charge on any atom is 0.433 e. The molecule has 0 N–H and O–H groups in total. The molecule has 0 spiro atoms. The van der Waals surface area contributed by atoms with E-state index in [9.17, 15) is 13.2 Å². The van der Waals surface area contributed by atoms with E-state index in [1.165, 1.54) is 31.9 Å². The Bertz CT molecular complexity index is 411. The predicted octanol–water partition coefficient (Wildman–Crippen LogP) is 6.03. The first-order chi connectivity index (χ1) is 9.80. The number of halogens is 3. The molecule has 0 fully saturated rings. The zero-order valence-electron chi connectivity index (χ0n) is 13.3. The van der Waals surface area contributed by atoms with Gasteiger partial charge in [0.15, 0.2) is 0 Å². The Morgan fingerprint density at radius 3 is 2.24 bits per heavy atom. The van der Waals surface area contributed by atoms with Crippen LogP contribution < -0.4 is 0 Å². The summed E-state index contributed by atoms with van der Waals surface area (Å²) < 4.78 is 37.5. The first-order valence-electron chi connectivity index (χ1n) is 7.83. The monoisotopic (exact) mass is 301 g/mol. The van der Waals surface area contributed by atoms with E-state index in [2.05, 4.69) is 25.8 Å². The summed E-state index contributed by atoms with van der Waals surface area (Å²) >= 11 is 0. The van der Waals surface area contributed by atoms with Crippen LogP contribution in [0.25, 0.3) is 0 Å². The molecule has 1 heterocycles. The Morgan fingerprint density at radius 2 is 1.76 bits per heavy atom. The summed E-state index contributed by atoms with van der Waals surface area (Å²) in [4.78, 5) is 3.55. The van der Waals surface area contributed by atoms with Gasteiger partial charge in [-0.2, -0.15) is 13.2 Å². The minimum absolute atomic E-state index is 0.148. The molecule has 0 bridgehead atoms. The number of unbranched alkanes of at least 4 members (excludes halogenated alkanes) is 3. The number of alkyl halides is 3. The predicted molar refractivity (Wildman–Crippen MR) is 80.1 cm³/mol. The molecule has 0 aliphatic carbocycles. The molecule has 120 valence electrons. The molecule has 0 saturated carbocycles. The number of rotatable bonds is 8. The maximum absolute atomic E-state index is 12.5. The van der Waals surface area contributed by atoms with Crippen molar-refractivity contribution in [3.8, 4) is 0 Å². The molecule has 0 amide bonds. The summed E-state index contributed by atoms with van der Waals surface area (Å²) in [6.07, 6.45) is 4.85. The fourth-order valence-electron chi connectivity index (χ4n) is 2.56. The fourth-order valence-corrected chi connectivity index (χ4v) is 2.56. The van der Waals surface area contributed by atoms with Gasteiger partial charge in [0.1, 0.15) is 5.69 Å². The van der Waals surface area contributed by atoms with Gasteiger partial charge in [-0.25, -0.2) is 0 Å². The molecule has 1 rings (SSSR count). The van der Waals surface area contributed by atoms with Gasteiger partial charge in [0.25, 0.3) is 0 Å². The number of aromatic nitrogens is 1. The quantitative estimate of drug-likeness (QED) is 0.534. The Morgan fingerprint density at radius 1 is 1.05 bits per heavy atom. The summed E-state index contributed by atoms with van der Waals surface area (Å²) in [5.74, 6) is 0. The van der Waals surface area contributed by atoms with Gasteiger partial charge in [0, 0.05) is 6.20 Å². The first kappa shape index (κ1) is 18.0. The van der Waals surface area contributed by atoms with E-state index in [4.69, 9.17) is 0 Å². The average molecular weight is 301 g/mol. The van der Waals surface area contributed by atoms with Crippen molar-refractivity contribution >= 4 is 0 Å². The smallest absolute Gasteiger partial charge is 0.252 e. The van der Waals surface area contributed by atoms with Crippen LogP contribution in [0.15, 0.2) is 18.3 Å². The summed E-state index contributed by atoms with van der Waals surface area (Å²) in [6, 6.07) is 2.65. The zero-order valence-corrected chi connectivity index (χ0v) is 13.3. The fraction of sp³-hybridized carbons (Fsp3) is 0.706. The SMILES string of the molecule is CCCCCCC(C)(CC)Cc1ccc(C(F)(F)F)nc1. The molecule has 1 nitrogen and oxygen atoms in total. The lowest BCUT2D eigenvalue weighted by molar-refractivity contribution is -0.141. The van der Waals surface area contributed by atoms with Crippen LogP contribution in [-0.2, 0) is 12.6 Å². The molecular formula is C17H26F3N. The highest BCUT2D eigenvalue weighted by Gasteiger charge is 2.32. The van der Waals surface area contributed by atoms with E-state index in [0.29, 0.717) is 0 Å². The standard InChI is InChI=1S/C17H26F3N/c1-4-6-7-8-11-16(3,5-2)12-14-9-10-15(21-13-14)17(18,19)20/h9-10,13H,4-8,11-12H2,1-3H3. The van der Waals surface area contributed by atoms with Crippen molar-refractivity contribution in [2.45, 2.75) is 71.9 Å². The molecule has 1 aromatic rings. The van der Waals surface area contributed by atoms with Gasteiger partial charge in [-0.15, -0.1) is 0 Å². The van der Waals surface area contributed by atoms with Crippen molar-refractivity contribution in [3.63, 3.8) is 0 Å². The Balaban J connectivity index is 2.63. The minimum atomic E-state index is -4.35. The Hall–Kier alpha value is -1.06. The van der Waals surface area contributed by atoms with Crippen molar-refractivity contribution in [2.75, 3.05) is 0 Å². The molecule has 4 heteroatoms. The van der Waals surface area contributed by atoms with Crippen LogP contribution >= 0.6 is 0 Å². The van der Waals surface area contributed by atoms with Crippen LogP contribution in [0.4, 0.5) is 13.2 Å². The third-order valence-electron chi connectivity index (χ3n) is 4.23. The van der Waals surface area contributed by atoms with Gasteiger partial charge in [-0.3, -0.25) is 4.98 Å². The van der Waals surface area contributed by atoms with Gasteiger partial charge in [-0.1, -0.05) is 58.9 Å². The molecule has 21 heavy (non-hydrogen) atoms. The zero-order chi connectivity index (χ0) is 15.9. The van der Waals surface area contributed by atoms with Crippen LogP contribution in [0.3, 0.4) is 0 Å². The minimum Gasteiger partial charge on any atom is -0.252 e. The van der Waals surface area contributed by atoms with Gasteiger partial charge < -0.3 is 0 Å². The number of nitrogens with zero attached hydrogens (tertiary/aromatic N) is 1. The highest BCUT2D eigenvalue weighted by Crippen LogP contribution is 2.33. The second kappa shape index (κ2) is 7.81. The van der Waals surface area contributed by atoms with Crippen LogP contribution in [0.1, 0.15) is 70.6 Å². The van der Waals surface area contributed by atoms with E-state index in [1.807, 2.05) is 0 Å². The maximum atomic E-state index is 12.5. The number of pyridine rings is 1. The van der Waals surface area contributed by atoms with Gasteiger partial charge in [-0.05, 0) is 29.9 Å². The summed E-state index contributed by atoms with van der Waals surface area (Å²) in [7, 11) is 0. The van der Waals surface area contributed by atoms with Crippen LogP contribution in [0.5, 0.6) is 0 Å². The Kier molecular flexibility index (Phi) is 6.69. The van der Waals surface area contributed by atoms with Crippen molar-refractivity contribution in [3.05, 3.63) is 29.6 Å². The summed E-state index contributed by atoms with van der Waals surface area (Å²) in [5.41, 5.74) is 0.227. The van der Waals surface area contributed by atoms with Crippen LogP contribution in [0, 0.1) is 5.41 Å². The lowest BCUT2D eigenvalue weighted by atomic mass is 9.77. The highest BCUT2D eigenvalue weighted by atomic mass is 19.4. The number of hydrogen-bond acceptors (Lipinski definition) is 1. The normalized spacial score (nSPS) is 15.0. The van der Waals surface area contributed by atoms with Gasteiger partial charge in [0.05, 0.1) is 0 Å². The average Bonchev–Trinajstić information content (AvgIpc) is 2.43. The molecular weight excluding hydrogens is 275 g/mol. The van der Waals surface area contributed by atoms with E-state index in [-0.39, 0.29) is 5.41 Å². The molecule has 0 aromatic carbocycles. The molecule has 1 aromatic heterocycles. The third kappa shape index (κ3) is 6.06.